The molecule has 0 radical (unpaired) electrons. The van der Waals surface area contributed by atoms with E-state index >= 15 is 0 Å². The van der Waals surface area contributed by atoms with Crippen molar-refractivity contribution in [1.82, 2.24) is 0 Å². The topological polar surface area (TPSA) is 114 Å². The number of hydrogen-bond donors (Lipinski definition) is 0. The molecule has 0 aliphatic rings. The summed E-state index contributed by atoms with van der Waals surface area (Å²) >= 11 is 0. The summed E-state index contributed by atoms with van der Waals surface area (Å²) in [4.78, 5) is 39.8. The van der Waals surface area contributed by atoms with Gasteiger partial charge in [0.05, 0.1) is 0 Å². The molecular formula is C16H28O6Ti. The maximum atomic E-state index is 9.99. The molecule has 0 saturated carbocycles. The molecule has 0 aromatic carbocycles. The average molecular weight is 364 g/mol. The van der Waals surface area contributed by atoms with Crippen molar-refractivity contribution in [2.24, 2.45) is 0 Å². The molecule has 132 valence electrons. The Morgan fingerprint density at radius 1 is 0.739 bits per heavy atom. The van der Waals surface area contributed by atoms with Gasteiger partial charge in [0.1, 0.15) is 11.6 Å². The molecule has 23 heavy (non-hydrogen) atoms. The molecule has 0 aromatic rings. The van der Waals surface area contributed by atoms with Crippen molar-refractivity contribution < 1.29 is 51.1 Å². The van der Waals surface area contributed by atoms with Gasteiger partial charge in [-0.05, 0) is 13.8 Å². The third-order valence-corrected chi connectivity index (χ3v) is 1.30. The number of hydrogen-bond acceptors (Lipinski definition) is 6. The summed E-state index contributed by atoms with van der Waals surface area (Å²) in [6.45, 7) is 12.6. The molecule has 6 nitrogen and oxygen atoms in total. The summed E-state index contributed by atoms with van der Waals surface area (Å²) in [5.74, 6) is -0.875. The van der Waals surface area contributed by atoms with Crippen LogP contribution in [0.5, 0.6) is 0 Å². The van der Waals surface area contributed by atoms with Crippen molar-refractivity contribution in [2.75, 3.05) is 13.2 Å². The van der Waals surface area contributed by atoms with Crippen LogP contribution in [0.4, 0.5) is 0 Å². The Morgan fingerprint density at radius 3 is 0.913 bits per heavy atom. The van der Waals surface area contributed by atoms with Crippen LogP contribution in [0, 0.1) is 13.8 Å². The number of rotatable bonds is 6. The second kappa shape index (κ2) is 29.1. The van der Waals surface area contributed by atoms with Crippen molar-refractivity contribution in [2.45, 2.75) is 53.4 Å². The van der Waals surface area contributed by atoms with Crippen molar-refractivity contribution in [1.29, 1.82) is 0 Å². The van der Waals surface area contributed by atoms with Gasteiger partial charge in [-0.1, -0.05) is 26.7 Å². The van der Waals surface area contributed by atoms with Gasteiger partial charge in [-0.15, -0.1) is 13.2 Å². The minimum atomic E-state index is -0.312. The molecule has 0 spiro atoms. The summed E-state index contributed by atoms with van der Waals surface area (Å²) < 4.78 is 0. The van der Waals surface area contributed by atoms with Crippen LogP contribution in [0.3, 0.4) is 0 Å². The number of ketones is 4. The SMILES string of the molecule is CCC[O-].CCC[O-].[CH2-]C(=O)CC(C)=O.[CH2-]C(=O)CC(C)=O.[Ti+4]. The van der Waals surface area contributed by atoms with Gasteiger partial charge in [0.25, 0.3) is 0 Å². The van der Waals surface area contributed by atoms with Gasteiger partial charge in [0.2, 0.25) is 0 Å². The molecule has 7 heteroatoms. The molecule has 0 fully saturated rings. The van der Waals surface area contributed by atoms with Gasteiger partial charge >= 0.3 is 21.7 Å². The Labute approximate surface area is 154 Å². The van der Waals surface area contributed by atoms with Gasteiger partial charge in [-0.3, -0.25) is 9.59 Å². The Kier molecular flexibility index (Phi) is 42.5. The Balaban J connectivity index is -0.0000000639. The first-order chi connectivity index (χ1) is 10.1. The third kappa shape index (κ3) is 93.2. The second-order valence-corrected chi connectivity index (χ2v) is 4.24. The minimum Gasteiger partial charge on any atom is -0.854 e. The summed E-state index contributed by atoms with van der Waals surface area (Å²) in [5, 5.41) is 18.6. The monoisotopic (exact) mass is 364 g/mol. The van der Waals surface area contributed by atoms with E-state index in [0.717, 1.165) is 12.8 Å². The van der Waals surface area contributed by atoms with E-state index in [0.29, 0.717) is 0 Å². The molecule has 0 aromatic heterocycles. The first-order valence-corrected chi connectivity index (χ1v) is 6.93. The molecular weight excluding hydrogens is 336 g/mol. The van der Waals surface area contributed by atoms with E-state index in [1.807, 2.05) is 13.8 Å². The van der Waals surface area contributed by atoms with E-state index in [1.54, 1.807) is 0 Å². The fraction of sp³-hybridized carbons (Fsp3) is 0.625. The maximum absolute atomic E-state index is 9.99. The predicted molar refractivity (Wildman–Crippen MR) is 81.6 cm³/mol. The van der Waals surface area contributed by atoms with Crippen LogP contribution in [0.15, 0.2) is 0 Å². The summed E-state index contributed by atoms with van der Waals surface area (Å²) in [6, 6.07) is 0. The first-order valence-electron chi connectivity index (χ1n) is 6.93. The van der Waals surface area contributed by atoms with E-state index in [-0.39, 0.29) is 70.9 Å². The van der Waals surface area contributed by atoms with Gasteiger partial charge in [0.15, 0.2) is 0 Å². The fourth-order valence-electron chi connectivity index (χ4n) is 0.555. The van der Waals surface area contributed by atoms with Crippen molar-refractivity contribution >= 4 is 23.1 Å². The zero-order valence-corrected chi connectivity index (χ0v) is 16.2. The molecule has 0 saturated heterocycles. The van der Waals surface area contributed by atoms with Crippen LogP contribution in [-0.2, 0) is 40.9 Å². The van der Waals surface area contributed by atoms with Gasteiger partial charge in [-0.25, -0.2) is 0 Å². The Hall–Kier alpha value is -0.946. The number of carbonyl (C=O) groups is 4. The third-order valence-electron chi connectivity index (χ3n) is 1.30. The molecule has 0 amide bonds. The quantitative estimate of drug-likeness (QED) is 0.379. The molecule has 0 N–H and O–H groups in total. The largest absolute Gasteiger partial charge is 4.00 e. The summed E-state index contributed by atoms with van der Waals surface area (Å²) in [6.07, 6.45) is 1.47. The van der Waals surface area contributed by atoms with Crippen LogP contribution in [0.25, 0.3) is 0 Å². The minimum absolute atomic E-state index is 0. The van der Waals surface area contributed by atoms with Crippen LogP contribution in [0.2, 0.25) is 0 Å². The predicted octanol–water partition coefficient (Wildman–Crippen LogP) is 0.248. The van der Waals surface area contributed by atoms with E-state index in [9.17, 15) is 29.4 Å². The fourth-order valence-corrected chi connectivity index (χ4v) is 0.555. The van der Waals surface area contributed by atoms with Crippen LogP contribution in [0.1, 0.15) is 53.4 Å². The van der Waals surface area contributed by atoms with E-state index in [2.05, 4.69) is 13.8 Å². The zero-order valence-electron chi connectivity index (χ0n) is 14.6. The first kappa shape index (κ1) is 33.6. The molecule has 0 aliphatic carbocycles. The summed E-state index contributed by atoms with van der Waals surface area (Å²) in [5.41, 5.74) is 0. The average Bonchev–Trinajstić information content (AvgIpc) is 2.36. The van der Waals surface area contributed by atoms with E-state index < -0.39 is 0 Å². The molecule has 0 aliphatic heterocycles. The van der Waals surface area contributed by atoms with Gasteiger partial charge in [-0.2, -0.15) is 0 Å². The smallest absolute Gasteiger partial charge is 0.854 e. The molecule has 0 heterocycles. The number of Topliss-reactive ketones (excluding diaryl/α,β-unsaturated/α-hetero) is 4. The summed E-state index contributed by atoms with van der Waals surface area (Å²) in [7, 11) is 0. The molecule has 0 rings (SSSR count). The standard InChI is InChI=1S/2C5H7O2.2C3H7O.Ti/c2*1-4(6)3-5(2)7;2*1-2-3-4;/h2*1,3H2,2H3;2*2-3H2,1H3;/q4*-1;+4. The van der Waals surface area contributed by atoms with Crippen LogP contribution < -0.4 is 10.2 Å². The van der Waals surface area contributed by atoms with Crippen molar-refractivity contribution in [3.05, 3.63) is 13.8 Å². The van der Waals surface area contributed by atoms with Crippen LogP contribution >= 0.6 is 0 Å². The number of carbonyl (C=O) groups excluding carboxylic acids is 4. The Bertz CT molecular complexity index is 245. The van der Waals surface area contributed by atoms with Gasteiger partial charge in [0, 0.05) is 24.4 Å². The zero-order chi connectivity index (χ0) is 18.6. The molecule has 0 bridgehead atoms. The molecule has 0 atom stereocenters. The molecule has 0 unspecified atom stereocenters. The van der Waals surface area contributed by atoms with Crippen molar-refractivity contribution in [3.8, 4) is 0 Å². The van der Waals surface area contributed by atoms with Crippen LogP contribution in [-0.4, -0.2) is 36.3 Å². The normalized spacial score (nSPS) is 7.57. The maximum Gasteiger partial charge on any atom is 4.00 e. The second-order valence-electron chi connectivity index (χ2n) is 4.24. The van der Waals surface area contributed by atoms with Gasteiger partial charge < -0.3 is 33.6 Å². The van der Waals surface area contributed by atoms with E-state index in [4.69, 9.17) is 0 Å². The Morgan fingerprint density at radius 2 is 0.913 bits per heavy atom. The van der Waals surface area contributed by atoms with Crippen molar-refractivity contribution in [3.63, 3.8) is 0 Å². The van der Waals surface area contributed by atoms with E-state index in [1.165, 1.54) is 13.8 Å².